The molecular weight excluding hydrogens is 252 g/mol. The number of aromatic nitrogens is 1. The van der Waals surface area contributed by atoms with E-state index >= 15 is 0 Å². The summed E-state index contributed by atoms with van der Waals surface area (Å²) in [6, 6.07) is 17.4. The lowest BCUT2D eigenvalue weighted by molar-refractivity contribution is 0.415. The van der Waals surface area contributed by atoms with E-state index in [0.29, 0.717) is 11.6 Å². The minimum Gasteiger partial charge on any atom is -0.497 e. The number of anilines is 1. The highest BCUT2D eigenvalue weighted by Crippen LogP contribution is 2.37. The number of ether oxygens (including phenoxy) is 1. The predicted molar refractivity (Wildman–Crippen MR) is 78.3 cm³/mol. The Kier molecular flexibility index (Phi) is 3.13. The normalized spacial score (nSPS) is 10.4. The van der Waals surface area contributed by atoms with E-state index < -0.39 is 0 Å². The largest absolute Gasteiger partial charge is 0.497 e. The van der Waals surface area contributed by atoms with Gasteiger partial charge in [-0.05, 0) is 17.7 Å². The molecule has 3 rings (SSSR count). The van der Waals surface area contributed by atoms with E-state index in [1.807, 2.05) is 54.6 Å². The van der Waals surface area contributed by atoms with Gasteiger partial charge in [0.25, 0.3) is 0 Å². The zero-order chi connectivity index (χ0) is 13.9. The standard InChI is InChI=1S/C16H14N2O2/c1-19-13-9-5-8-12(10-13)14-15(20-18-16(14)17)11-6-3-2-4-7-11/h2-10H,1H3,(H2,17,18). The maximum Gasteiger partial charge on any atom is 0.176 e. The Hall–Kier alpha value is -2.75. The fraction of sp³-hybridized carbons (Fsp3) is 0.0625. The summed E-state index contributed by atoms with van der Waals surface area (Å²) in [5.41, 5.74) is 8.60. The molecule has 0 saturated carbocycles. The number of nitrogens with zero attached hydrogens (tertiary/aromatic N) is 1. The van der Waals surface area contributed by atoms with Crippen molar-refractivity contribution in [1.29, 1.82) is 0 Å². The van der Waals surface area contributed by atoms with E-state index in [4.69, 9.17) is 15.0 Å². The lowest BCUT2D eigenvalue weighted by Gasteiger charge is -2.05. The molecular formula is C16H14N2O2. The van der Waals surface area contributed by atoms with Crippen molar-refractivity contribution in [3.05, 3.63) is 54.6 Å². The predicted octanol–water partition coefficient (Wildman–Crippen LogP) is 3.60. The van der Waals surface area contributed by atoms with Gasteiger partial charge >= 0.3 is 0 Å². The molecule has 20 heavy (non-hydrogen) atoms. The highest BCUT2D eigenvalue weighted by molar-refractivity contribution is 5.86. The highest BCUT2D eigenvalue weighted by atomic mass is 16.5. The molecule has 100 valence electrons. The van der Waals surface area contributed by atoms with E-state index in [2.05, 4.69) is 5.16 Å². The molecule has 0 aliphatic heterocycles. The van der Waals surface area contributed by atoms with Crippen LogP contribution in [0.25, 0.3) is 22.5 Å². The molecule has 3 aromatic rings. The molecule has 2 aromatic carbocycles. The molecule has 0 bridgehead atoms. The maximum absolute atomic E-state index is 5.96. The number of benzene rings is 2. The molecule has 1 heterocycles. The molecule has 0 amide bonds. The van der Waals surface area contributed by atoms with Crippen molar-refractivity contribution in [2.45, 2.75) is 0 Å². The van der Waals surface area contributed by atoms with Crippen LogP contribution in [0.4, 0.5) is 5.82 Å². The third-order valence-corrected chi connectivity index (χ3v) is 3.11. The first-order valence-electron chi connectivity index (χ1n) is 6.24. The average Bonchev–Trinajstić information content (AvgIpc) is 2.90. The Morgan fingerprint density at radius 3 is 2.50 bits per heavy atom. The van der Waals surface area contributed by atoms with Crippen LogP contribution in [0.5, 0.6) is 5.75 Å². The van der Waals surface area contributed by atoms with Gasteiger partial charge in [-0.1, -0.05) is 47.6 Å². The number of hydrogen-bond donors (Lipinski definition) is 1. The van der Waals surface area contributed by atoms with Gasteiger partial charge in [0, 0.05) is 5.56 Å². The van der Waals surface area contributed by atoms with E-state index in [9.17, 15) is 0 Å². The quantitative estimate of drug-likeness (QED) is 0.786. The van der Waals surface area contributed by atoms with Crippen LogP contribution in [-0.4, -0.2) is 12.3 Å². The number of rotatable bonds is 3. The van der Waals surface area contributed by atoms with Gasteiger partial charge in [-0.15, -0.1) is 0 Å². The van der Waals surface area contributed by atoms with Gasteiger partial charge in [-0.2, -0.15) is 0 Å². The number of nitrogens with two attached hydrogens (primary N) is 1. The van der Waals surface area contributed by atoms with Crippen molar-refractivity contribution in [3.8, 4) is 28.2 Å². The topological polar surface area (TPSA) is 61.3 Å². The molecule has 4 nitrogen and oxygen atoms in total. The van der Waals surface area contributed by atoms with Crippen LogP contribution in [0.2, 0.25) is 0 Å². The van der Waals surface area contributed by atoms with Gasteiger partial charge in [0.05, 0.1) is 12.7 Å². The lowest BCUT2D eigenvalue weighted by atomic mass is 10.0. The SMILES string of the molecule is COc1cccc(-c2c(N)noc2-c2ccccc2)c1. The first-order valence-corrected chi connectivity index (χ1v) is 6.24. The molecule has 0 aliphatic carbocycles. The fourth-order valence-electron chi connectivity index (χ4n) is 2.15. The second-order valence-corrected chi connectivity index (χ2v) is 4.37. The summed E-state index contributed by atoms with van der Waals surface area (Å²) >= 11 is 0. The second kappa shape index (κ2) is 5.09. The molecule has 1 aromatic heterocycles. The van der Waals surface area contributed by atoms with Gasteiger partial charge in [-0.3, -0.25) is 0 Å². The summed E-state index contributed by atoms with van der Waals surface area (Å²) in [7, 11) is 1.63. The Labute approximate surface area is 116 Å². The minimum absolute atomic E-state index is 0.372. The molecule has 2 N–H and O–H groups in total. The lowest BCUT2D eigenvalue weighted by Crippen LogP contribution is -1.90. The van der Waals surface area contributed by atoms with Gasteiger partial charge in [-0.25, -0.2) is 0 Å². The molecule has 0 atom stereocenters. The van der Waals surface area contributed by atoms with Gasteiger partial charge in [0.1, 0.15) is 5.75 Å². The zero-order valence-corrected chi connectivity index (χ0v) is 11.0. The van der Waals surface area contributed by atoms with Crippen LogP contribution in [-0.2, 0) is 0 Å². The summed E-state index contributed by atoms with van der Waals surface area (Å²) in [6.07, 6.45) is 0. The minimum atomic E-state index is 0.372. The van der Waals surface area contributed by atoms with E-state index in [1.165, 1.54) is 0 Å². The number of nitrogen functional groups attached to an aromatic ring is 1. The first-order chi connectivity index (χ1) is 9.79. The zero-order valence-electron chi connectivity index (χ0n) is 11.0. The molecule has 0 radical (unpaired) electrons. The monoisotopic (exact) mass is 266 g/mol. The van der Waals surface area contributed by atoms with Gasteiger partial charge in [0.15, 0.2) is 11.6 Å². The van der Waals surface area contributed by atoms with Crippen LogP contribution in [0.3, 0.4) is 0 Å². The molecule has 0 unspecified atom stereocenters. The molecule has 0 fully saturated rings. The van der Waals surface area contributed by atoms with Crippen LogP contribution >= 0.6 is 0 Å². The van der Waals surface area contributed by atoms with Crippen molar-refractivity contribution in [3.63, 3.8) is 0 Å². The number of hydrogen-bond acceptors (Lipinski definition) is 4. The second-order valence-electron chi connectivity index (χ2n) is 4.37. The van der Waals surface area contributed by atoms with Crippen LogP contribution < -0.4 is 10.5 Å². The summed E-state index contributed by atoms with van der Waals surface area (Å²) in [4.78, 5) is 0. The van der Waals surface area contributed by atoms with Crippen LogP contribution in [0.1, 0.15) is 0 Å². The molecule has 0 aliphatic rings. The molecule has 0 spiro atoms. The van der Waals surface area contributed by atoms with Crippen molar-refractivity contribution >= 4 is 5.82 Å². The smallest absolute Gasteiger partial charge is 0.176 e. The van der Waals surface area contributed by atoms with Crippen molar-refractivity contribution < 1.29 is 9.26 Å². The molecule has 4 heteroatoms. The maximum atomic E-state index is 5.96. The van der Waals surface area contributed by atoms with E-state index in [-0.39, 0.29) is 0 Å². The Balaban J connectivity index is 2.16. The van der Waals surface area contributed by atoms with Crippen LogP contribution in [0.15, 0.2) is 59.1 Å². The van der Waals surface area contributed by atoms with E-state index in [1.54, 1.807) is 7.11 Å². The summed E-state index contributed by atoms with van der Waals surface area (Å²) in [6.45, 7) is 0. The van der Waals surface area contributed by atoms with Crippen molar-refractivity contribution in [2.75, 3.05) is 12.8 Å². The third-order valence-electron chi connectivity index (χ3n) is 3.11. The number of methoxy groups -OCH3 is 1. The molecule has 0 saturated heterocycles. The van der Waals surface area contributed by atoms with Gasteiger partial charge < -0.3 is 15.0 Å². The van der Waals surface area contributed by atoms with E-state index in [0.717, 1.165) is 22.4 Å². The summed E-state index contributed by atoms with van der Waals surface area (Å²) < 4.78 is 10.6. The highest BCUT2D eigenvalue weighted by Gasteiger charge is 2.17. The third kappa shape index (κ3) is 2.12. The summed E-state index contributed by atoms with van der Waals surface area (Å²) in [5.74, 6) is 1.80. The van der Waals surface area contributed by atoms with Crippen molar-refractivity contribution in [2.24, 2.45) is 0 Å². The Morgan fingerprint density at radius 1 is 1.00 bits per heavy atom. The first kappa shape index (κ1) is 12.3. The van der Waals surface area contributed by atoms with Crippen molar-refractivity contribution in [1.82, 2.24) is 5.16 Å². The summed E-state index contributed by atoms with van der Waals surface area (Å²) in [5, 5.41) is 3.89. The van der Waals surface area contributed by atoms with Crippen LogP contribution in [0, 0.1) is 0 Å². The average molecular weight is 266 g/mol. The van der Waals surface area contributed by atoms with Gasteiger partial charge in [0.2, 0.25) is 0 Å². The Morgan fingerprint density at radius 2 is 1.75 bits per heavy atom. The Bertz CT molecular complexity index is 720. The fourth-order valence-corrected chi connectivity index (χ4v) is 2.15.